The van der Waals surface area contributed by atoms with Crippen molar-refractivity contribution in [1.82, 2.24) is 24.5 Å². The third-order valence-corrected chi connectivity index (χ3v) is 5.29. The summed E-state index contributed by atoms with van der Waals surface area (Å²) in [5.41, 5.74) is 1.30. The van der Waals surface area contributed by atoms with E-state index in [1.54, 1.807) is 10.7 Å². The van der Waals surface area contributed by atoms with Crippen LogP contribution in [0.4, 0.5) is 0 Å². The lowest BCUT2D eigenvalue weighted by molar-refractivity contribution is -0.133. The van der Waals surface area contributed by atoms with E-state index in [1.807, 2.05) is 16.7 Å². The number of aryl methyl sites for hydroxylation is 1. The van der Waals surface area contributed by atoms with Crippen molar-refractivity contribution in [2.24, 2.45) is 5.92 Å². The Morgan fingerprint density at radius 1 is 1.16 bits per heavy atom. The zero-order valence-corrected chi connectivity index (χ0v) is 15.6. The third-order valence-electron chi connectivity index (χ3n) is 5.29. The molecule has 2 amide bonds. The van der Waals surface area contributed by atoms with Crippen molar-refractivity contribution >= 4 is 11.8 Å². The van der Waals surface area contributed by atoms with Crippen LogP contribution in [0.1, 0.15) is 35.9 Å². The molecule has 3 rings (SSSR count). The Hall–Kier alpha value is -1.89. The molecule has 3 heterocycles. The number of piperidine rings is 1. The summed E-state index contributed by atoms with van der Waals surface area (Å²) in [4.78, 5) is 31.2. The Morgan fingerprint density at radius 3 is 2.56 bits per heavy atom. The molecule has 1 atom stereocenters. The minimum absolute atomic E-state index is 0.0333. The van der Waals surface area contributed by atoms with Gasteiger partial charge in [-0.3, -0.25) is 14.3 Å². The van der Waals surface area contributed by atoms with E-state index in [4.69, 9.17) is 0 Å². The van der Waals surface area contributed by atoms with Gasteiger partial charge in [0.2, 0.25) is 5.91 Å². The van der Waals surface area contributed by atoms with Gasteiger partial charge in [-0.1, -0.05) is 6.92 Å². The van der Waals surface area contributed by atoms with Crippen LogP contribution < -0.4 is 0 Å². The first kappa shape index (κ1) is 17.9. The van der Waals surface area contributed by atoms with Crippen LogP contribution in [-0.2, 0) is 11.3 Å². The lowest BCUT2D eigenvalue weighted by Gasteiger charge is -2.32. The minimum atomic E-state index is -0.0333. The second-order valence-corrected chi connectivity index (χ2v) is 7.51. The summed E-state index contributed by atoms with van der Waals surface area (Å²) in [7, 11) is 2.06. The first-order chi connectivity index (χ1) is 11.9. The quantitative estimate of drug-likeness (QED) is 0.813. The molecular weight excluding hydrogens is 318 g/mol. The van der Waals surface area contributed by atoms with Crippen molar-refractivity contribution in [3.05, 3.63) is 17.5 Å². The van der Waals surface area contributed by atoms with E-state index in [-0.39, 0.29) is 18.4 Å². The van der Waals surface area contributed by atoms with Crippen molar-refractivity contribution in [3.8, 4) is 0 Å². The number of carbonyl (C=O) groups is 2. The second kappa shape index (κ2) is 7.56. The molecule has 0 bridgehead atoms. The molecule has 25 heavy (non-hydrogen) atoms. The summed E-state index contributed by atoms with van der Waals surface area (Å²) < 4.78 is 1.67. The van der Waals surface area contributed by atoms with Gasteiger partial charge in [0, 0.05) is 45.0 Å². The molecule has 138 valence electrons. The predicted octanol–water partition coefficient (Wildman–Crippen LogP) is 0.838. The Labute approximate surface area is 149 Å². The SMILES string of the molecule is Cc1cc(C(=O)N2CCN(C)CC2)nn1CC(=O)N1CCC[C@H](C)C1. The molecule has 1 aromatic rings. The molecule has 7 nitrogen and oxygen atoms in total. The van der Waals surface area contributed by atoms with Gasteiger partial charge in [0.25, 0.3) is 5.91 Å². The fourth-order valence-electron chi connectivity index (χ4n) is 3.59. The maximum Gasteiger partial charge on any atom is 0.274 e. The smallest absolute Gasteiger partial charge is 0.274 e. The Morgan fingerprint density at radius 2 is 1.88 bits per heavy atom. The van der Waals surface area contributed by atoms with Gasteiger partial charge in [-0.05, 0) is 38.8 Å². The molecule has 0 aromatic carbocycles. The maximum atomic E-state index is 12.6. The highest BCUT2D eigenvalue weighted by molar-refractivity contribution is 5.92. The summed E-state index contributed by atoms with van der Waals surface area (Å²) in [6, 6.07) is 1.80. The standard InChI is InChI=1S/C18H29N5O2/c1-14-5-4-6-22(12-14)17(24)13-23-15(2)11-16(19-23)18(25)21-9-7-20(3)8-10-21/h11,14H,4-10,12-13H2,1-3H3/t14-/m0/s1. The summed E-state index contributed by atoms with van der Waals surface area (Å²) >= 11 is 0. The first-order valence-electron chi connectivity index (χ1n) is 9.24. The highest BCUT2D eigenvalue weighted by atomic mass is 16.2. The van der Waals surface area contributed by atoms with Crippen LogP contribution in [0.15, 0.2) is 6.07 Å². The summed E-state index contributed by atoms with van der Waals surface area (Å²) in [5, 5.41) is 4.42. The molecule has 7 heteroatoms. The van der Waals surface area contributed by atoms with Gasteiger partial charge in [0.1, 0.15) is 6.54 Å². The van der Waals surface area contributed by atoms with Crippen molar-refractivity contribution in [2.45, 2.75) is 33.2 Å². The zero-order valence-electron chi connectivity index (χ0n) is 15.6. The average Bonchev–Trinajstić information content (AvgIpc) is 2.95. The molecule has 1 aromatic heterocycles. The van der Waals surface area contributed by atoms with Crippen molar-refractivity contribution < 1.29 is 9.59 Å². The number of piperazine rings is 1. The van der Waals surface area contributed by atoms with E-state index < -0.39 is 0 Å². The molecule has 2 aliphatic heterocycles. The zero-order chi connectivity index (χ0) is 18.0. The number of amides is 2. The lowest BCUT2D eigenvalue weighted by Crippen LogP contribution is -2.47. The average molecular weight is 347 g/mol. The molecule has 2 saturated heterocycles. The molecule has 0 radical (unpaired) electrons. The van der Waals surface area contributed by atoms with Crippen LogP contribution in [0.3, 0.4) is 0 Å². The third kappa shape index (κ3) is 4.21. The number of carbonyl (C=O) groups excluding carboxylic acids is 2. The van der Waals surface area contributed by atoms with Gasteiger partial charge in [-0.15, -0.1) is 0 Å². The van der Waals surface area contributed by atoms with Crippen LogP contribution in [0.2, 0.25) is 0 Å². The molecule has 0 saturated carbocycles. The maximum absolute atomic E-state index is 12.6. The fraction of sp³-hybridized carbons (Fsp3) is 0.722. The fourth-order valence-corrected chi connectivity index (χ4v) is 3.59. The molecule has 2 aliphatic rings. The van der Waals surface area contributed by atoms with E-state index in [0.29, 0.717) is 11.6 Å². The predicted molar refractivity (Wildman–Crippen MR) is 95.3 cm³/mol. The largest absolute Gasteiger partial charge is 0.341 e. The minimum Gasteiger partial charge on any atom is -0.341 e. The lowest BCUT2D eigenvalue weighted by atomic mass is 10.0. The molecule has 0 spiro atoms. The summed E-state index contributed by atoms with van der Waals surface area (Å²) in [6.45, 7) is 9.19. The number of nitrogens with zero attached hydrogens (tertiary/aromatic N) is 5. The summed E-state index contributed by atoms with van der Waals surface area (Å²) in [6.07, 6.45) is 2.26. The van der Waals surface area contributed by atoms with Crippen LogP contribution in [0, 0.1) is 12.8 Å². The van der Waals surface area contributed by atoms with Gasteiger partial charge < -0.3 is 14.7 Å². The normalized spacial score (nSPS) is 22.3. The highest BCUT2D eigenvalue weighted by Crippen LogP contribution is 2.16. The molecule has 2 fully saturated rings. The number of likely N-dealkylation sites (tertiary alicyclic amines) is 1. The van der Waals surface area contributed by atoms with E-state index in [1.165, 1.54) is 6.42 Å². The molecular formula is C18H29N5O2. The van der Waals surface area contributed by atoms with Gasteiger partial charge in [0.05, 0.1) is 0 Å². The van der Waals surface area contributed by atoms with Gasteiger partial charge in [-0.2, -0.15) is 5.10 Å². The van der Waals surface area contributed by atoms with E-state index in [2.05, 4.69) is 24.0 Å². The molecule has 0 unspecified atom stereocenters. The van der Waals surface area contributed by atoms with Crippen LogP contribution in [0.5, 0.6) is 0 Å². The van der Waals surface area contributed by atoms with Gasteiger partial charge >= 0.3 is 0 Å². The number of rotatable bonds is 3. The Balaban J connectivity index is 1.63. The van der Waals surface area contributed by atoms with E-state index >= 15 is 0 Å². The van der Waals surface area contributed by atoms with Crippen molar-refractivity contribution in [3.63, 3.8) is 0 Å². The van der Waals surface area contributed by atoms with E-state index in [9.17, 15) is 9.59 Å². The van der Waals surface area contributed by atoms with Crippen molar-refractivity contribution in [2.75, 3.05) is 46.3 Å². The topological polar surface area (TPSA) is 61.7 Å². The monoisotopic (exact) mass is 347 g/mol. The Kier molecular flexibility index (Phi) is 5.42. The van der Waals surface area contributed by atoms with Crippen LogP contribution in [0.25, 0.3) is 0 Å². The number of hydrogen-bond acceptors (Lipinski definition) is 4. The summed E-state index contributed by atoms with van der Waals surface area (Å²) in [5.74, 6) is 0.621. The van der Waals surface area contributed by atoms with E-state index in [0.717, 1.165) is 51.4 Å². The number of hydrogen-bond donors (Lipinski definition) is 0. The van der Waals surface area contributed by atoms with Crippen LogP contribution >= 0.6 is 0 Å². The number of aromatic nitrogens is 2. The van der Waals surface area contributed by atoms with Gasteiger partial charge in [0.15, 0.2) is 5.69 Å². The molecule has 0 N–H and O–H groups in total. The first-order valence-corrected chi connectivity index (χ1v) is 9.24. The number of likely N-dealkylation sites (N-methyl/N-ethyl adjacent to an activating group) is 1. The molecule has 0 aliphatic carbocycles. The second-order valence-electron chi connectivity index (χ2n) is 7.51. The van der Waals surface area contributed by atoms with Gasteiger partial charge in [-0.25, -0.2) is 0 Å². The highest BCUT2D eigenvalue weighted by Gasteiger charge is 2.25. The van der Waals surface area contributed by atoms with Crippen molar-refractivity contribution in [1.29, 1.82) is 0 Å². The van der Waals surface area contributed by atoms with Crippen LogP contribution in [-0.4, -0.2) is 82.6 Å². The Bertz CT molecular complexity index is 633.